The van der Waals surface area contributed by atoms with Crippen LogP contribution in [0.3, 0.4) is 0 Å². The Morgan fingerprint density at radius 1 is 1.31 bits per heavy atom. The molecule has 1 aromatic carbocycles. The highest BCUT2D eigenvalue weighted by Gasteiger charge is 2.02. The number of rotatable bonds is 3. The molecule has 2 rings (SSSR count). The first-order valence-electron chi connectivity index (χ1n) is 4.78. The molecule has 0 aliphatic carbocycles. The second kappa shape index (κ2) is 4.85. The van der Waals surface area contributed by atoms with Crippen LogP contribution in [0.2, 0.25) is 4.34 Å². The van der Waals surface area contributed by atoms with E-state index in [-0.39, 0.29) is 5.82 Å². The van der Waals surface area contributed by atoms with Crippen molar-refractivity contribution in [3.63, 3.8) is 0 Å². The van der Waals surface area contributed by atoms with E-state index in [1.165, 1.54) is 17.4 Å². The van der Waals surface area contributed by atoms with Crippen LogP contribution >= 0.6 is 22.9 Å². The minimum absolute atomic E-state index is 0.216. The Morgan fingerprint density at radius 3 is 2.75 bits per heavy atom. The normalized spacial score (nSPS) is 10.4. The molecule has 0 radical (unpaired) electrons. The molecule has 0 aliphatic heterocycles. The fourth-order valence-corrected chi connectivity index (χ4v) is 2.29. The molecule has 16 heavy (non-hydrogen) atoms. The topological polar surface area (TPSA) is 9.23 Å². The summed E-state index contributed by atoms with van der Waals surface area (Å²) in [5, 5.41) is 0. The van der Waals surface area contributed by atoms with Crippen molar-refractivity contribution in [1.82, 2.24) is 0 Å². The molecular formula is C12H10ClFOS. The van der Waals surface area contributed by atoms with Gasteiger partial charge in [-0.05, 0) is 42.8 Å². The SMILES string of the molecule is Cc1cc(OCc2ccc(Cl)s2)ccc1F. The summed E-state index contributed by atoms with van der Waals surface area (Å²) in [5.41, 5.74) is 0.585. The lowest BCUT2D eigenvalue weighted by atomic mass is 10.2. The minimum atomic E-state index is -0.216. The zero-order valence-electron chi connectivity index (χ0n) is 8.67. The summed E-state index contributed by atoms with van der Waals surface area (Å²) in [5.74, 6) is 0.454. The van der Waals surface area contributed by atoms with Gasteiger partial charge in [-0.1, -0.05) is 11.6 Å². The molecule has 1 aromatic heterocycles. The summed E-state index contributed by atoms with van der Waals surface area (Å²) in [7, 11) is 0. The summed E-state index contributed by atoms with van der Waals surface area (Å²) in [6.07, 6.45) is 0. The summed E-state index contributed by atoms with van der Waals surface area (Å²) >= 11 is 7.28. The fraction of sp³-hybridized carbons (Fsp3) is 0.167. The van der Waals surface area contributed by atoms with Crippen molar-refractivity contribution in [1.29, 1.82) is 0 Å². The van der Waals surface area contributed by atoms with Crippen LogP contribution in [0.25, 0.3) is 0 Å². The molecule has 0 atom stereocenters. The number of aryl methyl sites for hydroxylation is 1. The minimum Gasteiger partial charge on any atom is -0.488 e. The first-order valence-corrected chi connectivity index (χ1v) is 5.98. The number of hydrogen-bond donors (Lipinski definition) is 0. The average Bonchev–Trinajstić information content (AvgIpc) is 2.66. The molecule has 0 unspecified atom stereocenters. The summed E-state index contributed by atoms with van der Waals surface area (Å²) in [6.45, 7) is 2.17. The van der Waals surface area contributed by atoms with Crippen molar-refractivity contribution in [2.75, 3.05) is 0 Å². The molecule has 84 valence electrons. The molecule has 0 fully saturated rings. The monoisotopic (exact) mass is 256 g/mol. The van der Waals surface area contributed by atoms with Crippen LogP contribution in [0.1, 0.15) is 10.4 Å². The molecule has 0 amide bonds. The molecule has 0 saturated carbocycles. The fourth-order valence-electron chi connectivity index (χ4n) is 1.29. The van der Waals surface area contributed by atoms with Crippen LogP contribution in [-0.4, -0.2) is 0 Å². The van der Waals surface area contributed by atoms with Gasteiger partial charge in [0, 0.05) is 4.88 Å². The maximum Gasteiger partial charge on any atom is 0.126 e. The second-order valence-electron chi connectivity index (χ2n) is 3.41. The van der Waals surface area contributed by atoms with Gasteiger partial charge >= 0.3 is 0 Å². The maximum absolute atomic E-state index is 13.0. The van der Waals surface area contributed by atoms with Gasteiger partial charge < -0.3 is 4.74 Å². The molecule has 0 aliphatic rings. The third-order valence-corrected chi connectivity index (χ3v) is 3.34. The van der Waals surface area contributed by atoms with E-state index >= 15 is 0 Å². The van der Waals surface area contributed by atoms with E-state index < -0.39 is 0 Å². The molecule has 1 heterocycles. The van der Waals surface area contributed by atoms with E-state index in [0.717, 1.165) is 9.21 Å². The smallest absolute Gasteiger partial charge is 0.126 e. The van der Waals surface area contributed by atoms with Crippen molar-refractivity contribution in [2.45, 2.75) is 13.5 Å². The van der Waals surface area contributed by atoms with Gasteiger partial charge in [0.05, 0.1) is 4.34 Å². The highest BCUT2D eigenvalue weighted by atomic mass is 35.5. The van der Waals surface area contributed by atoms with Gasteiger partial charge in [-0.2, -0.15) is 0 Å². The number of hydrogen-bond acceptors (Lipinski definition) is 2. The first-order chi connectivity index (χ1) is 7.65. The van der Waals surface area contributed by atoms with E-state index in [1.54, 1.807) is 19.1 Å². The number of ether oxygens (including phenoxy) is 1. The van der Waals surface area contributed by atoms with Gasteiger partial charge in [0.15, 0.2) is 0 Å². The van der Waals surface area contributed by atoms with E-state index in [1.807, 2.05) is 12.1 Å². The Hall–Kier alpha value is -1.06. The van der Waals surface area contributed by atoms with Crippen LogP contribution in [-0.2, 0) is 6.61 Å². The van der Waals surface area contributed by atoms with Gasteiger partial charge in [0.1, 0.15) is 18.2 Å². The molecular weight excluding hydrogens is 247 g/mol. The zero-order chi connectivity index (χ0) is 11.5. The van der Waals surface area contributed by atoms with Gasteiger partial charge in [0.2, 0.25) is 0 Å². The molecule has 0 spiro atoms. The largest absolute Gasteiger partial charge is 0.488 e. The van der Waals surface area contributed by atoms with E-state index in [0.29, 0.717) is 17.9 Å². The van der Waals surface area contributed by atoms with Crippen molar-refractivity contribution in [2.24, 2.45) is 0 Å². The molecule has 0 bridgehead atoms. The Bertz CT molecular complexity index is 496. The third-order valence-electron chi connectivity index (χ3n) is 2.14. The van der Waals surface area contributed by atoms with Gasteiger partial charge in [-0.25, -0.2) is 4.39 Å². The van der Waals surface area contributed by atoms with Crippen molar-refractivity contribution >= 4 is 22.9 Å². The van der Waals surface area contributed by atoms with E-state index in [4.69, 9.17) is 16.3 Å². The van der Waals surface area contributed by atoms with Crippen LogP contribution < -0.4 is 4.74 Å². The lowest BCUT2D eigenvalue weighted by Gasteiger charge is -2.05. The molecule has 0 N–H and O–H groups in total. The quantitative estimate of drug-likeness (QED) is 0.790. The van der Waals surface area contributed by atoms with Crippen LogP contribution in [0.4, 0.5) is 4.39 Å². The average molecular weight is 257 g/mol. The molecule has 0 saturated heterocycles. The summed E-state index contributed by atoms with van der Waals surface area (Å²) in [4.78, 5) is 1.05. The Labute approximate surface area is 102 Å². The van der Waals surface area contributed by atoms with Crippen LogP contribution in [0, 0.1) is 12.7 Å². The standard InChI is InChI=1S/C12H10ClFOS/c1-8-6-9(2-4-11(8)14)15-7-10-3-5-12(13)16-10/h2-6H,7H2,1H3. The molecule has 1 nitrogen and oxygen atoms in total. The van der Waals surface area contributed by atoms with E-state index in [2.05, 4.69) is 0 Å². The highest BCUT2D eigenvalue weighted by molar-refractivity contribution is 7.16. The Morgan fingerprint density at radius 2 is 2.12 bits per heavy atom. The van der Waals surface area contributed by atoms with Gasteiger partial charge in [-0.15, -0.1) is 11.3 Å². The first kappa shape index (κ1) is 11.4. The predicted octanol–water partition coefficient (Wildman–Crippen LogP) is 4.43. The Kier molecular flexibility index (Phi) is 3.46. The molecule has 2 aromatic rings. The zero-order valence-corrected chi connectivity index (χ0v) is 10.2. The van der Waals surface area contributed by atoms with Crippen LogP contribution in [0.5, 0.6) is 5.75 Å². The maximum atomic E-state index is 13.0. The second-order valence-corrected chi connectivity index (χ2v) is 5.21. The number of benzene rings is 1. The lowest BCUT2D eigenvalue weighted by Crippen LogP contribution is -1.93. The van der Waals surface area contributed by atoms with Crippen molar-refractivity contribution < 1.29 is 9.13 Å². The van der Waals surface area contributed by atoms with Crippen LogP contribution in [0.15, 0.2) is 30.3 Å². The summed E-state index contributed by atoms with van der Waals surface area (Å²) in [6, 6.07) is 8.47. The van der Waals surface area contributed by atoms with E-state index in [9.17, 15) is 4.39 Å². The lowest BCUT2D eigenvalue weighted by molar-refractivity contribution is 0.309. The van der Waals surface area contributed by atoms with Gasteiger partial charge in [-0.3, -0.25) is 0 Å². The highest BCUT2D eigenvalue weighted by Crippen LogP contribution is 2.23. The predicted molar refractivity (Wildman–Crippen MR) is 64.8 cm³/mol. The Balaban J connectivity index is 2.02. The summed E-state index contributed by atoms with van der Waals surface area (Å²) < 4.78 is 19.3. The van der Waals surface area contributed by atoms with Crippen molar-refractivity contribution in [3.8, 4) is 5.75 Å². The molecule has 4 heteroatoms. The number of halogens is 2. The van der Waals surface area contributed by atoms with Gasteiger partial charge in [0.25, 0.3) is 0 Å². The third kappa shape index (κ3) is 2.74. The number of thiophene rings is 1. The van der Waals surface area contributed by atoms with Crippen molar-refractivity contribution in [3.05, 3.63) is 50.9 Å².